The predicted octanol–water partition coefficient (Wildman–Crippen LogP) is 4.79. The lowest BCUT2D eigenvalue weighted by Crippen LogP contribution is -2.23. The first-order valence-corrected chi connectivity index (χ1v) is 7.96. The summed E-state index contributed by atoms with van der Waals surface area (Å²) in [5.74, 6) is 0. The maximum absolute atomic E-state index is 4.47. The zero-order valence-corrected chi connectivity index (χ0v) is 14.1. The van der Waals surface area contributed by atoms with Crippen LogP contribution in [0.4, 0.5) is 0 Å². The van der Waals surface area contributed by atoms with Crippen molar-refractivity contribution in [3.8, 4) is 0 Å². The van der Waals surface area contributed by atoms with Crippen molar-refractivity contribution in [2.75, 3.05) is 0 Å². The number of hydrogen-bond acceptors (Lipinski definition) is 3. The number of nitrogens with one attached hydrogen (secondary N) is 1. The molecule has 0 saturated carbocycles. The van der Waals surface area contributed by atoms with Gasteiger partial charge >= 0.3 is 0 Å². The van der Waals surface area contributed by atoms with Gasteiger partial charge in [0.05, 0.1) is 6.04 Å². The number of aryl methyl sites for hydroxylation is 4. The molecule has 0 aliphatic heterocycles. The van der Waals surface area contributed by atoms with Crippen molar-refractivity contribution in [3.63, 3.8) is 0 Å². The van der Waals surface area contributed by atoms with Crippen molar-refractivity contribution < 1.29 is 0 Å². The van der Waals surface area contributed by atoms with Crippen LogP contribution in [-0.4, -0.2) is 4.98 Å². The van der Waals surface area contributed by atoms with Crippen molar-refractivity contribution in [3.05, 3.63) is 50.5 Å². The van der Waals surface area contributed by atoms with Crippen LogP contribution in [0.5, 0.6) is 0 Å². The van der Waals surface area contributed by atoms with Gasteiger partial charge in [-0.05, 0) is 63.8 Å². The summed E-state index contributed by atoms with van der Waals surface area (Å²) in [5.41, 5.74) is 5.46. The second kappa shape index (κ2) is 6.06. The topological polar surface area (TPSA) is 24.9 Å². The summed E-state index contributed by atoms with van der Waals surface area (Å²) in [5, 5.41) is 4.82. The second-order valence-electron chi connectivity index (χ2n) is 5.71. The van der Waals surface area contributed by atoms with E-state index in [1.165, 1.54) is 27.1 Å². The Morgan fingerprint density at radius 2 is 1.60 bits per heavy atom. The number of benzene rings is 1. The van der Waals surface area contributed by atoms with E-state index in [1.54, 1.807) is 11.3 Å². The molecule has 1 aromatic carbocycles. The average molecular weight is 288 g/mol. The van der Waals surface area contributed by atoms with Gasteiger partial charge in [0.2, 0.25) is 0 Å². The van der Waals surface area contributed by atoms with Crippen molar-refractivity contribution >= 4 is 11.3 Å². The smallest absolute Gasteiger partial charge is 0.109 e. The van der Waals surface area contributed by atoms with Crippen LogP contribution in [0, 0.1) is 27.7 Å². The Labute approximate surface area is 126 Å². The van der Waals surface area contributed by atoms with Crippen LogP contribution < -0.4 is 5.32 Å². The van der Waals surface area contributed by atoms with E-state index >= 15 is 0 Å². The van der Waals surface area contributed by atoms with E-state index in [-0.39, 0.29) is 6.04 Å². The number of nitrogens with zero attached hydrogens (tertiary/aromatic N) is 1. The van der Waals surface area contributed by atoms with Crippen molar-refractivity contribution in [2.24, 2.45) is 0 Å². The monoisotopic (exact) mass is 288 g/mol. The molecule has 20 heavy (non-hydrogen) atoms. The molecule has 2 nitrogen and oxygen atoms in total. The van der Waals surface area contributed by atoms with E-state index in [9.17, 15) is 0 Å². The van der Waals surface area contributed by atoms with Gasteiger partial charge in [0, 0.05) is 17.1 Å². The van der Waals surface area contributed by atoms with E-state index in [0.29, 0.717) is 6.04 Å². The Morgan fingerprint density at radius 3 is 2.20 bits per heavy atom. The lowest BCUT2D eigenvalue weighted by atomic mass is 9.96. The largest absolute Gasteiger partial charge is 0.302 e. The van der Waals surface area contributed by atoms with Crippen LogP contribution in [0.3, 0.4) is 0 Å². The zero-order chi connectivity index (χ0) is 14.9. The van der Waals surface area contributed by atoms with Gasteiger partial charge in [-0.25, -0.2) is 4.98 Å². The molecule has 1 aromatic heterocycles. The van der Waals surface area contributed by atoms with Crippen molar-refractivity contribution in [1.29, 1.82) is 0 Å². The van der Waals surface area contributed by atoms with E-state index in [0.717, 1.165) is 5.01 Å². The molecule has 2 atom stereocenters. The van der Waals surface area contributed by atoms with Gasteiger partial charge in [-0.1, -0.05) is 12.1 Å². The summed E-state index contributed by atoms with van der Waals surface area (Å²) in [6, 6.07) is 5.20. The molecule has 0 saturated heterocycles. The first kappa shape index (κ1) is 15.2. The normalized spacial score (nSPS) is 14.3. The quantitative estimate of drug-likeness (QED) is 0.875. The number of hydrogen-bond donors (Lipinski definition) is 1. The molecule has 1 N–H and O–H groups in total. The van der Waals surface area contributed by atoms with Crippen LogP contribution in [0.1, 0.15) is 58.1 Å². The second-order valence-corrected chi connectivity index (χ2v) is 6.98. The standard InChI is InChI=1S/C17H24N2S/c1-10-7-12(3)16(8-11(10)2)14(5)19-15(6)17-18-9-13(4)20-17/h7-9,14-15,19H,1-6H3. The SMILES string of the molecule is Cc1cnc(C(C)NC(C)c2cc(C)c(C)cc2C)s1. The maximum Gasteiger partial charge on any atom is 0.109 e. The summed E-state index contributed by atoms with van der Waals surface area (Å²) >= 11 is 1.77. The summed E-state index contributed by atoms with van der Waals surface area (Å²) in [6.45, 7) is 13.1. The minimum Gasteiger partial charge on any atom is -0.302 e. The van der Waals surface area contributed by atoms with Gasteiger partial charge in [-0.15, -0.1) is 11.3 Å². The van der Waals surface area contributed by atoms with Crippen LogP contribution in [-0.2, 0) is 0 Å². The zero-order valence-electron chi connectivity index (χ0n) is 13.2. The summed E-state index contributed by atoms with van der Waals surface area (Å²) in [7, 11) is 0. The number of thiazole rings is 1. The first-order chi connectivity index (χ1) is 9.38. The fourth-order valence-corrected chi connectivity index (χ4v) is 3.34. The number of aromatic nitrogens is 1. The molecule has 2 aromatic rings. The fourth-order valence-electron chi connectivity index (χ4n) is 2.56. The molecule has 0 amide bonds. The summed E-state index contributed by atoms with van der Waals surface area (Å²) in [4.78, 5) is 5.74. The van der Waals surface area contributed by atoms with Crippen LogP contribution >= 0.6 is 11.3 Å². The third-order valence-corrected chi connectivity index (χ3v) is 4.95. The van der Waals surface area contributed by atoms with E-state index in [2.05, 4.69) is 64.0 Å². The van der Waals surface area contributed by atoms with E-state index in [1.807, 2.05) is 6.20 Å². The summed E-state index contributed by atoms with van der Waals surface area (Å²) < 4.78 is 0. The molecule has 0 bridgehead atoms. The molecule has 3 heteroatoms. The van der Waals surface area contributed by atoms with Gasteiger partial charge in [0.1, 0.15) is 5.01 Å². The lowest BCUT2D eigenvalue weighted by molar-refractivity contribution is 0.491. The minimum atomic E-state index is 0.282. The first-order valence-electron chi connectivity index (χ1n) is 7.14. The molecule has 0 aliphatic rings. The third-order valence-electron chi connectivity index (χ3n) is 3.86. The lowest BCUT2D eigenvalue weighted by Gasteiger charge is -2.21. The van der Waals surface area contributed by atoms with Gasteiger partial charge in [-0.3, -0.25) is 0 Å². The van der Waals surface area contributed by atoms with Crippen LogP contribution in [0.25, 0.3) is 0 Å². The van der Waals surface area contributed by atoms with Gasteiger partial charge in [0.25, 0.3) is 0 Å². The van der Waals surface area contributed by atoms with E-state index < -0.39 is 0 Å². The van der Waals surface area contributed by atoms with Gasteiger partial charge in [-0.2, -0.15) is 0 Å². The van der Waals surface area contributed by atoms with Crippen molar-refractivity contribution in [1.82, 2.24) is 10.3 Å². The Hall–Kier alpha value is -1.19. The summed E-state index contributed by atoms with van der Waals surface area (Å²) in [6.07, 6.45) is 1.95. The van der Waals surface area contributed by atoms with Crippen LogP contribution in [0.2, 0.25) is 0 Å². The third kappa shape index (κ3) is 3.28. The Morgan fingerprint density at radius 1 is 0.950 bits per heavy atom. The molecule has 0 radical (unpaired) electrons. The van der Waals surface area contributed by atoms with E-state index in [4.69, 9.17) is 0 Å². The Kier molecular flexibility index (Phi) is 4.61. The molecule has 0 fully saturated rings. The van der Waals surface area contributed by atoms with Crippen molar-refractivity contribution in [2.45, 2.75) is 53.6 Å². The van der Waals surface area contributed by atoms with Gasteiger partial charge < -0.3 is 5.32 Å². The highest BCUT2D eigenvalue weighted by Crippen LogP contribution is 2.26. The minimum absolute atomic E-state index is 0.282. The Bertz CT molecular complexity index is 601. The molecule has 0 aliphatic carbocycles. The highest BCUT2D eigenvalue weighted by Gasteiger charge is 2.15. The molecular weight excluding hydrogens is 264 g/mol. The van der Waals surface area contributed by atoms with Crippen LogP contribution in [0.15, 0.2) is 18.3 Å². The molecular formula is C17H24N2S. The number of rotatable bonds is 4. The molecule has 108 valence electrons. The fraction of sp³-hybridized carbons (Fsp3) is 0.471. The maximum atomic E-state index is 4.47. The highest BCUT2D eigenvalue weighted by molar-refractivity contribution is 7.11. The molecule has 1 heterocycles. The average Bonchev–Trinajstić information content (AvgIpc) is 2.80. The van der Waals surface area contributed by atoms with Gasteiger partial charge in [0.15, 0.2) is 0 Å². The molecule has 0 spiro atoms. The molecule has 2 unspecified atom stereocenters. The molecule has 2 rings (SSSR count). The Balaban J connectivity index is 2.16. The predicted molar refractivity (Wildman–Crippen MR) is 87.5 cm³/mol. The highest BCUT2D eigenvalue weighted by atomic mass is 32.1.